The Hall–Kier alpha value is -2.67. The maximum atomic E-state index is 12.9. The molecule has 1 unspecified atom stereocenters. The highest BCUT2D eigenvalue weighted by Gasteiger charge is 2.26. The molecule has 0 saturated carbocycles. The summed E-state index contributed by atoms with van der Waals surface area (Å²) >= 11 is 4.74. The van der Waals surface area contributed by atoms with Crippen molar-refractivity contribution >= 4 is 22.7 Å². The number of nitriles is 1. The highest BCUT2D eigenvalue weighted by molar-refractivity contribution is 7.89. The van der Waals surface area contributed by atoms with E-state index in [2.05, 4.69) is 16.3 Å². The SMILES string of the molecule is CCn1c(-c2ccc(S(=O)(=O)N3CCCCC3)cc2)nnc1C(S)c1ccc(C#N)cc1. The smallest absolute Gasteiger partial charge is 0.243 e. The average molecular weight is 468 g/mol. The van der Waals surface area contributed by atoms with Crippen molar-refractivity contribution in [2.45, 2.75) is 42.9 Å². The van der Waals surface area contributed by atoms with Crippen molar-refractivity contribution in [3.05, 3.63) is 65.5 Å². The molecule has 7 nitrogen and oxygen atoms in total. The van der Waals surface area contributed by atoms with Crippen LogP contribution in [0.1, 0.15) is 48.4 Å². The molecule has 0 spiro atoms. The highest BCUT2D eigenvalue weighted by atomic mass is 32.2. The molecule has 2 aromatic carbocycles. The van der Waals surface area contributed by atoms with Gasteiger partial charge in [-0.15, -0.1) is 10.2 Å². The van der Waals surface area contributed by atoms with Crippen LogP contribution in [-0.4, -0.2) is 40.6 Å². The van der Waals surface area contributed by atoms with Crippen LogP contribution in [-0.2, 0) is 16.6 Å². The fourth-order valence-corrected chi connectivity index (χ4v) is 5.84. The van der Waals surface area contributed by atoms with E-state index in [0.717, 1.165) is 30.4 Å². The van der Waals surface area contributed by atoms with E-state index in [-0.39, 0.29) is 5.25 Å². The quantitative estimate of drug-likeness (QED) is 0.553. The van der Waals surface area contributed by atoms with Gasteiger partial charge in [0.15, 0.2) is 11.6 Å². The molecule has 1 aromatic heterocycles. The van der Waals surface area contributed by atoms with Crippen LogP contribution in [0, 0.1) is 11.3 Å². The number of sulfonamides is 1. The zero-order valence-electron chi connectivity index (χ0n) is 17.8. The van der Waals surface area contributed by atoms with Gasteiger partial charge in [0.05, 0.1) is 21.8 Å². The van der Waals surface area contributed by atoms with E-state index >= 15 is 0 Å². The second kappa shape index (κ2) is 9.45. The lowest BCUT2D eigenvalue weighted by atomic mass is 10.1. The van der Waals surface area contributed by atoms with Gasteiger partial charge in [-0.3, -0.25) is 0 Å². The predicted molar refractivity (Wildman–Crippen MR) is 126 cm³/mol. The van der Waals surface area contributed by atoms with Crippen molar-refractivity contribution in [2.24, 2.45) is 0 Å². The number of rotatable bonds is 6. The molecule has 9 heteroatoms. The third-order valence-electron chi connectivity index (χ3n) is 5.76. The van der Waals surface area contributed by atoms with Crippen molar-refractivity contribution in [3.63, 3.8) is 0 Å². The molecule has 0 bridgehead atoms. The third-order valence-corrected chi connectivity index (χ3v) is 8.20. The Morgan fingerprint density at radius 2 is 1.69 bits per heavy atom. The van der Waals surface area contributed by atoms with Gasteiger partial charge in [0, 0.05) is 25.2 Å². The summed E-state index contributed by atoms with van der Waals surface area (Å²) in [6, 6.07) is 16.2. The zero-order valence-corrected chi connectivity index (χ0v) is 19.6. The molecular weight excluding hydrogens is 442 g/mol. The van der Waals surface area contributed by atoms with Crippen LogP contribution in [0.2, 0.25) is 0 Å². The van der Waals surface area contributed by atoms with Crippen LogP contribution in [0.3, 0.4) is 0 Å². The van der Waals surface area contributed by atoms with Gasteiger partial charge in [0.2, 0.25) is 10.0 Å². The zero-order chi connectivity index (χ0) is 22.7. The number of nitrogens with zero attached hydrogens (tertiary/aromatic N) is 5. The molecule has 1 aliphatic rings. The first-order chi connectivity index (χ1) is 15.5. The Kier molecular flexibility index (Phi) is 6.65. The topological polar surface area (TPSA) is 91.9 Å². The molecule has 2 heterocycles. The monoisotopic (exact) mass is 467 g/mol. The normalized spacial score (nSPS) is 15.9. The number of hydrogen-bond acceptors (Lipinski definition) is 6. The molecule has 0 radical (unpaired) electrons. The van der Waals surface area contributed by atoms with E-state index in [4.69, 9.17) is 17.9 Å². The Morgan fingerprint density at radius 3 is 2.28 bits per heavy atom. The van der Waals surface area contributed by atoms with Crippen molar-refractivity contribution < 1.29 is 8.42 Å². The van der Waals surface area contributed by atoms with Crippen LogP contribution in [0.25, 0.3) is 11.4 Å². The van der Waals surface area contributed by atoms with Gasteiger partial charge in [0.25, 0.3) is 0 Å². The van der Waals surface area contributed by atoms with Crippen LogP contribution in [0.5, 0.6) is 0 Å². The summed E-state index contributed by atoms with van der Waals surface area (Å²) in [5.41, 5.74) is 2.30. The average Bonchev–Trinajstić information content (AvgIpc) is 3.28. The molecule has 4 rings (SSSR count). The second-order valence-corrected chi connectivity index (χ2v) is 10.2. The molecule has 1 atom stereocenters. The molecule has 0 aliphatic carbocycles. The summed E-state index contributed by atoms with van der Waals surface area (Å²) in [6.45, 7) is 3.80. The Morgan fingerprint density at radius 1 is 1.03 bits per heavy atom. The van der Waals surface area contributed by atoms with Gasteiger partial charge in [-0.2, -0.15) is 22.2 Å². The number of hydrogen-bond donors (Lipinski definition) is 1. The van der Waals surface area contributed by atoms with Gasteiger partial charge in [-0.1, -0.05) is 18.6 Å². The van der Waals surface area contributed by atoms with Crippen molar-refractivity contribution in [3.8, 4) is 17.5 Å². The first-order valence-electron chi connectivity index (χ1n) is 10.7. The minimum Gasteiger partial charge on any atom is -0.310 e. The molecule has 1 aliphatic heterocycles. The lowest BCUT2D eigenvalue weighted by Crippen LogP contribution is -2.35. The minimum absolute atomic E-state index is 0.301. The fourth-order valence-electron chi connectivity index (χ4n) is 3.96. The van der Waals surface area contributed by atoms with Crippen molar-refractivity contribution in [1.29, 1.82) is 5.26 Å². The lowest BCUT2D eigenvalue weighted by Gasteiger charge is -2.25. The maximum Gasteiger partial charge on any atom is 0.243 e. The van der Waals surface area contributed by atoms with Gasteiger partial charge >= 0.3 is 0 Å². The molecular formula is C23H25N5O2S2. The standard InChI is InChI=1S/C23H25N5O2S2/c1-2-28-22(25-26-23(28)21(31)18-8-6-17(16-24)7-9-18)19-10-12-20(13-11-19)32(29,30)27-14-4-3-5-15-27/h6-13,21,31H,2-5,14-15H2,1H3. The number of thiol groups is 1. The van der Waals surface area contributed by atoms with Gasteiger partial charge in [-0.05, 0) is 61.7 Å². The highest BCUT2D eigenvalue weighted by Crippen LogP contribution is 2.31. The molecule has 32 heavy (non-hydrogen) atoms. The summed E-state index contributed by atoms with van der Waals surface area (Å²) in [5.74, 6) is 1.36. The molecule has 1 fully saturated rings. The molecule has 0 N–H and O–H groups in total. The van der Waals surface area contributed by atoms with E-state index in [9.17, 15) is 8.42 Å². The van der Waals surface area contributed by atoms with E-state index in [1.165, 1.54) is 0 Å². The molecule has 1 saturated heterocycles. The summed E-state index contributed by atoms with van der Waals surface area (Å²) in [5, 5.41) is 17.4. The van der Waals surface area contributed by atoms with Crippen molar-refractivity contribution in [2.75, 3.05) is 13.1 Å². The van der Waals surface area contributed by atoms with Crippen LogP contribution < -0.4 is 0 Å². The molecule has 0 amide bonds. The largest absolute Gasteiger partial charge is 0.310 e. The van der Waals surface area contributed by atoms with Crippen LogP contribution >= 0.6 is 12.6 Å². The van der Waals surface area contributed by atoms with E-state index < -0.39 is 10.0 Å². The van der Waals surface area contributed by atoms with Crippen LogP contribution in [0.15, 0.2) is 53.4 Å². The Labute approximate surface area is 194 Å². The van der Waals surface area contributed by atoms with Crippen LogP contribution in [0.4, 0.5) is 0 Å². The summed E-state index contributed by atoms with van der Waals surface area (Å²) in [4.78, 5) is 0.301. The van der Waals surface area contributed by atoms with Gasteiger partial charge < -0.3 is 4.57 Å². The first kappa shape index (κ1) is 22.5. The fraction of sp³-hybridized carbons (Fsp3) is 0.348. The Bertz CT molecular complexity index is 1220. The lowest BCUT2D eigenvalue weighted by molar-refractivity contribution is 0.346. The van der Waals surface area contributed by atoms with E-state index in [1.807, 2.05) is 23.6 Å². The molecule has 166 valence electrons. The number of benzene rings is 2. The van der Waals surface area contributed by atoms with E-state index in [1.54, 1.807) is 40.7 Å². The molecule has 3 aromatic rings. The van der Waals surface area contributed by atoms with Gasteiger partial charge in [-0.25, -0.2) is 8.42 Å². The summed E-state index contributed by atoms with van der Waals surface area (Å²) in [7, 11) is -3.47. The summed E-state index contributed by atoms with van der Waals surface area (Å²) in [6.07, 6.45) is 2.89. The second-order valence-electron chi connectivity index (χ2n) is 7.75. The number of piperidine rings is 1. The summed E-state index contributed by atoms with van der Waals surface area (Å²) < 4.78 is 29.4. The third kappa shape index (κ3) is 4.31. The van der Waals surface area contributed by atoms with Crippen molar-refractivity contribution in [1.82, 2.24) is 19.1 Å². The predicted octanol–water partition coefficient (Wildman–Crippen LogP) is 4.03. The number of aromatic nitrogens is 3. The first-order valence-corrected chi connectivity index (χ1v) is 12.6. The van der Waals surface area contributed by atoms with E-state index in [0.29, 0.717) is 41.7 Å². The maximum absolute atomic E-state index is 12.9. The Balaban J connectivity index is 1.61. The minimum atomic E-state index is -3.47. The van der Waals surface area contributed by atoms with Gasteiger partial charge in [0.1, 0.15) is 0 Å².